The van der Waals surface area contributed by atoms with E-state index in [0.717, 1.165) is 103 Å². The summed E-state index contributed by atoms with van der Waals surface area (Å²) >= 11 is 5.97. The molecular formula is C95H129ClN16O7. The molecule has 0 spiro atoms. The minimum absolute atomic E-state index is 0.00291. The molecule has 7 amide bonds. The number of nitrogens with zero attached hydrogens (tertiary/aromatic N) is 5. The number of nitrogens with two attached hydrogens (primary N) is 4. The number of amides is 7. The molecule has 0 aromatic heterocycles. The highest BCUT2D eigenvalue weighted by atomic mass is 35.5. The molecule has 2 unspecified atom stereocenters. The molecule has 12 rings (SSSR count). The van der Waals surface area contributed by atoms with Crippen LogP contribution in [0.3, 0.4) is 0 Å². The maximum Gasteiger partial charge on any atom is 0.251 e. The van der Waals surface area contributed by atoms with Crippen molar-refractivity contribution in [3.05, 3.63) is 209 Å². The van der Waals surface area contributed by atoms with Crippen LogP contribution in [0.5, 0.6) is 0 Å². The summed E-state index contributed by atoms with van der Waals surface area (Å²) in [6.45, 7) is 15.8. The lowest BCUT2D eigenvalue weighted by Crippen LogP contribution is -2.50. The van der Waals surface area contributed by atoms with Crippen LogP contribution in [0.1, 0.15) is 187 Å². The number of nitrogens with one attached hydrogen (secondary N) is 7. The van der Waals surface area contributed by atoms with Crippen LogP contribution in [0.4, 0.5) is 0 Å². The van der Waals surface area contributed by atoms with Crippen LogP contribution < -0.4 is 60.2 Å². The van der Waals surface area contributed by atoms with E-state index in [-0.39, 0.29) is 95.3 Å². The third-order valence-corrected chi connectivity index (χ3v) is 24.3. The molecule has 5 fully saturated rings. The van der Waals surface area contributed by atoms with Crippen LogP contribution in [0, 0.1) is 29.6 Å². The SMILES string of the molecule is CC1CC(C)CC(CN2CC[C@@H](CNC(=O)c3ccc4ccccc4c3)N[C@@H](CCCN=C(N)N)C2=O)C1.CCC(CC)CN1CC[C@@H](CNC(=O)c2ccc3ccccc3c2)N[C@@H](CCCN=C(N)N)C1=O.O=C(/C=C/c1ccc(Cl)cc1)NC[C@@H]1CCN(CC(c2ccccc2)c2ccccc2)C(=O)[C@H](CCNC(=O)C2CCCCC2)N1. The molecule has 0 bridgehead atoms. The summed E-state index contributed by atoms with van der Waals surface area (Å²) in [6, 6.07) is 54.2. The van der Waals surface area contributed by atoms with E-state index in [1.807, 2.05) is 143 Å². The monoisotopic (exact) mass is 1640 g/mol. The largest absolute Gasteiger partial charge is 0.370 e. The van der Waals surface area contributed by atoms with Crippen molar-refractivity contribution in [1.82, 2.24) is 51.9 Å². The Hall–Kier alpha value is -10.2. The van der Waals surface area contributed by atoms with Gasteiger partial charge in [-0.05, 0) is 188 Å². The molecular weight excluding hydrogens is 1510 g/mol. The molecule has 3 aliphatic heterocycles. The summed E-state index contributed by atoms with van der Waals surface area (Å²) in [5.74, 6) is 2.69. The quantitative estimate of drug-likeness (QED) is 0.00808. The van der Waals surface area contributed by atoms with Crippen molar-refractivity contribution in [1.29, 1.82) is 0 Å². The van der Waals surface area contributed by atoms with Crippen molar-refractivity contribution in [2.75, 3.05) is 78.5 Å². The van der Waals surface area contributed by atoms with Gasteiger partial charge in [0.15, 0.2) is 11.9 Å². The van der Waals surface area contributed by atoms with Gasteiger partial charge in [-0.25, -0.2) is 0 Å². The van der Waals surface area contributed by atoms with Crippen molar-refractivity contribution in [3.8, 4) is 0 Å². The number of hydrogen-bond acceptors (Lipinski definition) is 12. The van der Waals surface area contributed by atoms with Crippen LogP contribution in [-0.4, -0.2) is 183 Å². The normalized spacial score (nSPS) is 21.2. The number of halogens is 1. The number of carbonyl (C=O) groups excluding carboxylic acids is 7. The van der Waals surface area contributed by atoms with E-state index >= 15 is 0 Å². The molecule has 3 saturated heterocycles. The summed E-state index contributed by atoms with van der Waals surface area (Å²) in [5, 5.41) is 27.8. The van der Waals surface area contributed by atoms with E-state index < -0.39 is 6.04 Å². The highest BCUT2D eigenvalue weighted by Gasteiger charge is 2.37. The van der Waals surface area contributed by atoms with Gasteiger partial charge in [0.2, 0.25) is 29.5 Å². The molecule has 23 nitrogen and oxygen atoms in total. The van der Waals surface area contributed by atoms with E-state index in [2.05, 4.69) is 104 Å². The summed E-state index contributed by atoms with van der Waals surface area (Å²) in [5.41, 5.74) is 26.3. The van der Waals surface area contributed by atoms with E-state index in [4.69, 9.17) is 34.5 Å². The van der Waals surface area contributed by atoms with Crippen molar-refractivity contribution >= 4 is 92.5 Å². The van der Waals surface area contributed by atoms with Gasteiger partial charge in [-0.1, -0.05) is 205 Å². The molecule has 15 N–H and O–H groups in total. The molecule has 24 heteroatoms. The molecule has 3 heterocycles. The Morgan fingerprint density at radius 2 is 0.950 bits per heavy atom. The summed E-state index contributed by atoms with van der Waals surface area (Å²) < 4.78 is 0. The Bertz CT molecular complexity index is 4430. The van der Waals surface area contributed by atoms with Crippen LogP contribution in [0.2, 0.25) is 5.02 Å². The first kappa shape index (κ1) is 91.1. The van der Waals surface area contributed by atoms with Gasteiger partial charge in [-0.2, -0.15) is 0 Å². The van der Waals surface area contributed by atoms with Crippen LogP contribution in [0.15, 0.2) is 186 Å². The Morgan fingerprint density at radius 3 is 1.44 bits per heavy atom. The number of aliphatic imine (C=N–C) groups is 2. The Labute approximate surface area is 709 Å². The number of rotatable bonds is 32. The minimum atomic E-state index is -0.479. The molecule has 7 aromatic carbocycles. The van der Waals surface area contributed by atoms with Crippen LogP contribution in [0.25, 0.3) is 27.6 Å². The van der Waals surface area contributed by atoms with Crippen molar-refractivity contribution in [3.63, 3.8) is 0 Å². The second-order valence-corrected chi connectivity index (χ2v) is 33.7. The summed E-state index contributed by atoms with van der Waals surface area (Å²) in [6.07, 6.45) is 19.7. The predicted octanol–water partition coefficient (Wildman–Crippen LogP) is 11.8. The maximum absolute atomic E-state index is 14.1. The lowest BCUT2D eigenvalue weighted by atomic mass is 9.76. The second-order valence-electron chi connectivity index (χ2n) is 33.3. The number of benzene rings is 7. The van der Waals surface area contributed by atoms with Gasteiger partial charge in [0.1, 0.15) is 0 Å². The number of guanidine groups is 2. The van der Waals surface area contributed by atoms with E-state index in [9.17, 15) is 33.6 Å². The van der Waals surface area contributed by atoms with Crippen molar-refractivity contribution in [2.45, 2.75) is 185 Å². The first-order valence-corrected chi connectivity index (χ1v) is 43.9. The summed E-state index contributed by atoms with van der Waals surface area (Å²) in [4.78, 5) is 107. The molecule has 2 aliphatic carbocycles. The van der Waals surface area contributed by atoms with Gasteiger partial charge in [0.05, 0.1) is 18.1 Å². The van der Waals surface area contributed by atoms with Crippen molar-refractivity contribution in [2.24, 2.45) is 62.5 Å². The molecule has 5 aliphatic rings. The fraction of sp³-hybridized carbons (Fsp3) is 0.484. The predicted molar refractivity (Wildman–Crippen MR) is 480 cm³/mol. The van der Waals surface area contributed by atoms with Crippen LogP contribution in [-0.2, 0) is 24.0 Å². The number of fused-ring (bicyclic) bond motifs is 2. The fourth-order valence-corrected chi connectivity index (χ4v) is 17.6. The molecule has 0 radical (unpaired) electrons. The topological polar surface area (TPSA) is 342 Å². The average Bonchev–Trinajstić information content (AvgIpc) is 1.72. The Kier molecular flexibility index (Phi) is 36.4. The van der Waals surface area contributed by atoms with Gasteiger partial charge in [0.25, 0.3) is 11.8 Å². The molecule has 7 aromatic rings. The second kappa shape index (κ2) is 47.6. The number of carbonyl (C=O) groups is 7. The number of hydrogen-bond donors (Lipinski definition) is 11. The lowest BCUT2D eigenvalue weighted by Gasteiger charge is -2.35. The van der Waals surface area contributed by atoms with Crippen LogP contribution >= 0.6 is 11.6 Å². The third kappa shape index (κ3) is 29.3. The van der Waals surface area contributed by atoms with Gasteiger partial charge in [-0.15, -0.1) is 0 Å². The zero-order valence-corrected chi connectivity index (χ0v) is 71.0. The molecule has 2 saturated carbocycles. The molecule has 638 valence electrons. The maximum atomic E-state index is 14.1. The van der Waals surface area contributed by atoms with Crippen molar-refractivity contribution < 1.29 is 33.6 Å². The zero-order chi connectivity index (χ0) is 84.4. The average molecular weight is 1640 g/mol. The van der Waals surface area contributed by atoms with Gasteiger partial charge < -0.3 is 74.9 Å². The molecule has 119 heavy (non-hydrogen) atoms. The minimum Gasteiger partial charge on any atom is -0.370 e. The Balaban J connectivity index is 0.000000190. The lowest BCUT2D eigenvalue weighted by molar-refractivity contribution is -0.134. The third-order valence-electron chi connectivity index (χ3n) is 24.0. The van der Waals surface area contributed by atoms with E-state index in [1.165, 1.54) is 31.8 Å². The van der Waals surface area contributed by atoms with Gasteiger partial charge in [0, 0.05) is 131 Å². The van der Waals surface area contributed by atoms with E-state index in [1.54, 1.807) is 18.2 Å². The smallest absolute Gasteiger partial charge is 0.251 e. The Morgan fingerprint density at radius 1 is 0.504 bits per heavy atom. The van der Waals surface area contributed by atoms with Gasteiger partial charge >= 0.3 is 0 Å². The first-order chi connectivity index (χ1) is 57.6. The highest BCUT2D eigenvalue weighted by molar-refractivity contribution is 6.30. The highest BCUT2D eigenvalue weighted by Crippen LogP contribution is 2.35. The summed E-state index contributed by atoms with van der Waals surface area (Å²) in [7, 11) is 0. The first-order valence-electron chi connectivity index (χ1n) is 43.5. The molecule has 8 atom stereocenters. The van der Waals surface area contributed by atoms with Gasteiger partial charge in [-0.3, -0.25) is 43.5 Å². The standard InChI is InChI=1S/C38H45ClN4O3.C30H44N6O2.C27H40N6O2/c39-32-19-16-28(17-20-32)18-21-36(44)41-26-33-23-25-43(27-34(29-10-4-1-5-11-29)30-12-6-2-7-13-30)38(46)35(42-33)22-24-40-37(45)31-14-8-3-9-15-31;1-20-14-21(2)16-22(15-20)19-36-13-11-26(35-27(29(36)38)8-5-12-33-30(31)32)18-34-28(37)25-10-9-23-6-3-4-7-24(23)17-25;1-3-19(4-2)18-33-15-13-23(32-24(26(33)35)10-7-14-30-27(28)29)17-31-25(34)22-12-11-20-8-5-6-9-21(20)16-22/h1-2,4-7,10-13,16-21,31,33-35,42H,3,8-9,14-15,22-27H2,(H,40,45)(H,41,44);3-4,6-7,9-10,17,20-22,26-27,35H,5,8,11-16,18-19H2,1-2H3,(H,34,37)(H4,31,32,33);5-6,8-9,11-12,16,19,23-24,32H,3-4,7,10,13-15,17-18H2,1-2H3,(H,31,34)(H4,28,29,30)/b21-18+;;/t33-,35-;20?,21?,22?,26-,27-;23-,24-/m000/s1. The fourth-order valence-electron chi connectivity index (χ4n) is 17.5. The zero-order valence-electron chi connectivity index (χ0n) is 70.2. The van der Waals surface area contributed by atoms with E-state index in [0.29, 0.717) is 144 Å².